The van der Waals surface area contributed by atoms with Crippen LogP contribution in [0.5, 0.6) is 5.75 Å². The van der Waals surface area contributed by atoms with Crippen LogP contribution < -0.4 is 5.32 Å². The Labute approximate surface area is 114 Å². The first-order valence-corrected chi connectivity index (χ1v) is 6.40. The summed E-state index contributed by atoms with van der Waals surface area (Å²) in [5.74, 6) is 0.241. The summed E-state index contributed by atoms with van der Waals surface area (Å²) in [4.78, 5) is 0. The van der Waals surface area contributed by atoms with E-state index in [1.165, 1.54) is 0 Å². The van der Waals surface area contributed by atoms with E-state index in [1.54, 1.807) is 12.1 Å². The number of aromatic hydroxyl groups is 1. The number of rotatable bonds is 4. The van der Waals surface area contributed by atoms with Crippen LogP contribution in [0.4, 0.5) is 5.69 Å². The summed E-state index contributed by atoms with van der Waals surface area (Å²) in [5.41, 5.74) is 2.71. The fraction of sp³-hybridized carbons (Fsp3) is 0.143. The number of hydrogen-bond acceptors (Lipinski definition) is 3. The lowest BCUT2D eigenvalue weighted by Gasteiger charge is -2.11. The maximum Gasteiger partial charge on any atom is 0.115 e. The monoisotopic (exact) mass is 307 g/mol. The van der Waals surface area contributed by atoms with Crippen LogP contribution in [0, 0.1) is 0 Å². The van der Waals surface area contributed by atoms with Gasteiger partial charge in [0.05, 0.1) is 6.61 Å². The molecule has 0 fully saturated rings. The second kappa shape index (κ2) is 5.89. The molecule has 18 heavy (non-hydrogen) atoms. The summed E-state index contributed by atoms with van der Waals surface area (Å²) in [5, 5.41) is 21.9. The van der Waals surface area contributed by atoms with Gasteiger partial charge in [0, 0.05) is 22.3 Å². The minimum Gasteiger partial charge on any atom is -0.508 e. The Bertz CT molecular complexity index is 543. The van der Waals surface area contributed by atoms with Crippen molar-refractivity contribution in [2.75, 3.05) is 5.32 Å². The van der Waals surface area contributed by atoms with Crippen LogP contribution in [-0.2, 0) is 13.2 Å². The zero-order valence-electron chi connectivity index (χ0n) is 9.73. The maximum absolute atomic E-state index is 9.45. The lowest BCUT2D eigenvalue weighted by atomic mass is 10.1. The lowest BCUT2D eigenvalue weighted by molar-refractivity contribution is 0.282. The van der Waals surface area contributed by atoms with Crippen molar-refractivity contribution in [2.45, 2.75) is 13.2 Å². The molecule has 0 heterocycles. The molecule has 0 aliphatic heterocycles. The van der Waals surface area contributed by atoms with E-state index in [9.17, 15) is 10.2 Å². The number of aliphatic hydroxyl groups is 1. The van der Waals surface area contributed by atoms with Crippen LogP contribution in [0.25, 0.3) is 0 Å². The number of hydrogen-bond donors (Lipinski definition) is 3. The molecule has 0 aliphatic rings. The Kier molecular flexibility index (Phi) is 4.23. The minimum absolute atomic E-state index is 0.00435. The molecule has 3 nitrogen and oxygen atoms in total. The van der Waals surface area contributed by atoms with Gasteiger partial charge in [0.2, 0.25) is 0 Å². The van der Waals surface area contributed by atoms with Gasteiger partial charge in [-0.15, -0.1) is 0 Å². The van der Waals surface area contributed by atoms with Crippen molar-refractivity contribution in [3.63, 3.8) is 0 Å². The second-order valence-corrected chi connectivity index (χ2v) is 4.80. The van der Waals surface area contributed by atoms with Crippen LogP contribution in [0.3, 0.4) is 0 Å². The molecule has 94 valence electrons. The first-order chi connectivity index (χ1) is 8.70. The van der Waals surface area contributed by atoms with E-state index in [-0.39, 0.29) is 12.4 Å². The van der Waals surface area contributed by atoms with E-state index in [0.29, 0.717) is 6.54 Å². The molecule has 0 unspecified atom stereocenters. The number of anilines is 1. The average Bonchev–Trinajstić information content (AvgIpc) is 2.40. The summed E-state index contributed by atoms with van der Waals surface area (Å²) in [6.45, 7) is 0.580. The highest BCUT2D eigenvalue weighted by Gasteiger charge is 2.03. The molecule has 2 rings (SSSR count). The molecule has 4 heteroatoms. The van der Waals surface area contributed by atoms with Crippen molar-refractivity contribution < 1.29 is 10.2 Å². The van der Waals surface area contributed by atoms with Crippen LogP contribution in [-0.4, -0.2) is 10.2 Å². The largest absolute Gasteiger partial charge is 0.508 e. The van der Waals surface area contributed by atoms with E-state index in [0.717, 1.165) is 21.3 Å². The Morgan fingerprint density at radius 2 is 1.83 bits per heavy atom. The molecule has 0 bridgehead atoms. The van der Waals surface area contributed by atoms with Gasteiger partial charge in [-0.25, -0.2) is 0 Å². The molecule has 0 spiro atoms. The Morgan fingerprint density at radius 1 is 1.06 bits per heavy atom. The van der Waals surface area contributed by atoms with Crippen molar-refractivity contribution in [1.82, 2.24) is 0 Å². The van der Waals surface area contributed by atoms with Gasteiger partial charge >= 0.3 is 0 Å². The van der Waals surface area contributed by atoms with Crippen molar-refractivity contribution >= 4 is 21.6 Å². The van der Waals surface area contributed by atoms with Crippen molar-refractivity contribution in [3.8, 4) is 5.75 Å². The molecule has 2 aromatic rings. The van der Waals surface area contributed by atoms with Crippen molar-refractivity contribution in [3.05, 3.63) is 58.1 Å². The van der Waals surface area contributed by atoms with E-state index in [4.69, 9.17) is 0 Å². The third-order valence-electron chi connectivity index (χ3n) is 2.69. The number of halogens is 1. The number of para-hydroxylation sites is 1. The highest BCUT2D eigenvalue weighted by atomic mass is 79.9. The highest BCUT2D eigenvalue weighted by molar-refractivity contribution is 9.10. The van der Waals surface area contributed by atoms with Crippen LogP contribution in [0.15, 0.2) is 46.9 Å². The van der Waals surface area contributed by atoms with E-state index in [2.05, 4.69) is 21.2 Å². The minimum atomic E-state index is 0.00435. The van der Waals surface area contributed by atoms with Gasteiger partial charge < -0.3 is 15.5 Å². The van der Waals surface area contributed by atoms with Crippen LogP contribution in [0.1, 0.15) is 11.1 Å². The first kappa shape index (κ1) is 12.9. The summed E-state index contributed by atoms with van der Waals surface area (Å²) in [7, 11) is 0. The van der Waals surface area contributed by atoms with Crippen LogP contribution >= 0.6 is 15.9 Å². The molecular formula is C14H14BrNO2. The molecule has 3 N–H and O–H groups in total. The maximum atomic E-state index is 9.45. The van der Waals surface area contributed by atoms with Crippen molar-refractivity contribution in [1.29, 1.82) is 0 Å². The first-order valence-electron chi connectivity index (χ1n) is 5.60. The zero-order chi connectivity index (χ0) is 13.0. The number of phenols is 1. The number of benzene rings is 2. The molecule has 0 atom stereocenters. The second-order valence-electron chi connectivity index (χ2n) is 3.94. The lowest BCUT2D eigenvalue weighted by Crippen LogP contribution is -2.03. The molecule has 0 aromatic heterocycles. The zero-order valence-corrected chi connectivity index (χ0v) is 11.3. The fourth-order valence-corrected chi connectivity index (χ4v) is 2.10. The predicted octanol–water partition coefficient (Wildman–Crippen LogP) is 3.26. The van der Waals surface area contributed by atoms with E-state index >= 15 is 0 Å². The standard InChI is InChI=1S/C14H14BrNO2/c15-13-6-5-12(18)7-11(13)8-16-14-4-2-1-3-10(14)9-17/h1-7,16-18H,8-9H2. The number of aliphatic hydroxyl groups excluding tert-OH is 1. The third kappa shape index (κ3) is 3.03. The molecule has 0 amide bonds. The number of nitrogens with one attached hydrogen (secondary N) is 1. The Morgan fingerprint density at radius 3 is 2.61 bits per heavy atom. The third-order valence-corrected chi connectivity index (χ3v) is 3.46. The fourth-order valence-electron chi connectivity index (χ4n) is 1.72. The molecule has 0 aliphatic carbocycles. The van der Waals surface area contributed by atoms with Gasteiger partial charge in [0.15, 0.2) is 0 Å². The van der Waals surface area contributed by atoms with E-state index < -0.39 is 0 Å². The predicted molar refractivity (Wildman–Crippen MR) is 75.5 cm³/mol. The quantitative estimate of drug-likeness (QED) is 0.812. The van der Waals surface area contributed by atoms with Gasteiger partial charge in [-0.05, 0) is 29.8 Å². The molecule has 0 saturated heterocycles. The van der Waals surface area contributed by atoms with Crippen molar-refractivity contribution in [2.24, 2.45) is 0 Å². The summed E-state index contributed by atoms with van der Waals surface area (Å²) < 4.78 is 0.939. The molecule has 0 radical (unpaired) electrons. The Hall–Kier alpha value is -1.52. The van der Waals surface area contributed by atoms with Gasteiger partial charge in [0.1, 0.15) is 5.75 Å². The summed E-state index contributed by atoms with van der Waals surface area (Å²) >= 11 is 3.44. The SMILES string of the molecule is OCc1ccccc1NCc1cc(O)ccc1Br. The number of phenolic OH excluding ortho intramolecular Hbond substituents is 1. The van der Waals surface area contributed by atoms with Gasteiger partial charge in [-0.3, -0.25) is 0 Å². The molecule has 2 aromatic carbocycles. The highest BCUT2D eigenvalue weighted by Crippen LogP contribution is 2.23. The van der Waals surface area contributed by atoms with Gasteiger partial charge in [0.25, 0.3) is 0 Å². The molecular weight excluding hydrogens is 294 g/mol. The smallest absolute Gasteiger partial charge is 0.115 e. The topological polar surface area (TPSA) is 52.5 Å². The van der Waals surface area contributed by atoms with Gasteiger partial charge in [-0.2, -0.15) is 0 Å². The average molecular weight is 308 g/mol. The summed E-state index contributed by atoms with van der Waals surface area (Å²) in [6, 6.07) is 12.8. The normalized spacial score (nSPS) is 10.3. The van der Waals surface area contributed by atoms with Crippen LogP contribution in [0.2, 0.25) is 0 Å². The van der Waals surface area contributed by atoms with Gasteiger partial charge in [-0.1, -0.05) is 34.1 Å². The van der Waals surface area contributed by atoms with E-state index in [1.807, 2.05) is 30.3 Å². The molecule has 0 saturated carbocycles. The Balaban J connectivity index is 2.14. The summed E-state index contributed by atoms with van der Waals surface area (Å²) in [6.07, 6.45) is 0.